The van der Waals surface area contributed by atoms with E-state index in [2.05, 4.69) is 9.97 Å². The van der Waals surface area contributed by atoms with Gasteiger partial charge in [0.1, 0.15) is 11.6 Å². The molecule has 1 aliphatic heterocycles. The Morgan fingerprint density at radius 1 is 1.62 bits per heavy atom. The van der Waals surface area contributed by atoms with Gasteiger partial charge in [-0.3, -0.25) is 4.79 Å². The van der Waals surface area contributed by atoms with Gasteiger partial charge in [-0.25, -0.2) is 9.97 Å². The second kappa shape index (κ2) is 4.08. The summed E-state index contributed by atoms with van der Waals surface area (Å²) in [5.74, 6) is 0.517. The van der Waals surface area contributed by atoms with Gasteiger partial charge in [0.2, 0.25) is 0 Å². The number of rotatable bonds is 2. The average Bonchev–Trinajstić information content (AvgIpc) is 2.60. The lowest BCUT2D eigenvalue weighted by molar-refractivity contribution is -0.141. The zero-order valence-electron chi connectivity index (χ0n) is 9.42. The molecule has 2 heterocycles. The summed E-state index contributed by atoms with van der Waals surface area (Å²) in [6.07, 6.45) is 2.39. The van der Waals surface area contributed by atoms with Crippen molar-refractivity contribution in [3.63, 3.8) is 0 Å². The first-order valence-corrected chi connectivity index (χ1v) is 5.38. The van der Waals surface area contributed by atoms with E-state index < -0.39 is 5.97 Å². The molecule has 2 unspecified atom stereocenters. The average molecular weight is 221 g/mol. The van der Waals surface area contributed by atoms with Crippen LogP contribution in [0.3, 0.4) is 0 Å². The Balaban J connectivity index is 2.21. The van der Waals surface area contributed by atoms with Crippen molar-refractivity contribution in [2.45, 2.75) is 26.3 Å². The molecule has 1 N–H and O–H groups in total. The van der Waals surface area contributed by atoms with Crippen molar-refractivity contribution >= 4 is 11.8 Å². The maximum atomic E-state index is 11.0. The number of aryl methyl sites for hydroxylation is 1. The van der Waals surface area contributed by atoms with Crippen molar-refractivity contribution in [3.8, 4) is 0 Å². The molecule has 5 heteroatoms. The molecule has 0 spiro atoms. The number of carboxylic acid groups (broad SMARTS) is 1. The van der Waals surface area contributed by atoms with Crippen LogP contribution in [-0.2, 0) is 4.79 Å². The molecule has 1 fully saturated rings. The molecular weight excluding hydrogens is 206 g/mol. The van der Waals surface area contributed by atoms with Gasteiger partial charge in [-0.15, -0.1) is 0 Å². The molecule has 0 bridgehead atoms. The molecule has 0 aliphatic carbocycles. The molecule has 2 rings (SSSR count). The number of aliphatic carboxylic acids is 1. The van der Waals surface area contributed by atoms with E-state index in [0.29, 0.717) is 12.2 Å². The summed E-state index contributed by atoms with van der Waals surface area (Å²) in [6.45, 7) is 4.51. The zero-order chi connectivity index (χ0) is 11.7. The number of carbonyl (C=O) groups is 1. The van der Waals surface area contributed by atoms with Crippen LogP contribution >= 0.6 is 0 Å². The summed E-state index contributed by atoms with van der Waals surface area (Å²) in [5.41, 5.74) is 0. The first-order valence-electron chi connectivity index (χ1n) is 5.38. The molecule has 0 saturated carbocycles. The highest BCUT2D eigenvalue weighted by Gasteiger charge is 2.36. The summed E-state index contributed by atoms with van der Waals surface area (Å²) in [5, 5.41) is 9.04. The lowest BCUT2D eigenvalue weighted by Crippen LogP contribution is -2.33. The molecule has 5 nitrogen and oxygen atoms in total. The van der Waals surface area contributed by atoms with E-state index in [9.17, 15) is 4.79 Å². The van der Waals surface area contributed by atoms with Gasteiger partial charge in [0.15, 0.2) is 0 Å². The summed E-state index contributed by atoms with van der Waals surface area (Å²) in [6, 6.07) is 1.82. The molecule has 0 radical (unpaired) electrons. The van der Waals surface area contributed by atoms with Gasteiger partial charge in [0.05, 0.1) is 5.92 Å². The van der Waals surface area contributed by atoms with E-state index in [1.807, 2.05) is 24.8 Å². The van der Waals surface area contributed by atoms with E-state index in [1.54, 1.807) is 6.20 Å². The molecule has 1 aliphatic rings. The molecule has 2 atom stereocenters. The Morgan fingerprint density at radius 2 is 2.38 bits per heavy atom. The van der Waals surface area contributed by atoms with Gasteiger partial charge in [-0.05, 0) is 26.3 Å². The Labute approximate surface area is 94.1 Å². The summed E-state index contributed by atoms with van der Waals surface area (Å²) < 4.78 is 0. The predicted molar refractivity (Wildman–Crippen MR) is 59.3 cm³/mol. The minimum absolute atomic E-state index is 0.00759. The second-order valence-corrected chi connectivity index (χ2v) is 4.13. The molecule has 0 amide bonds. The standard InChI is InChI=1S/C11H15N3O2/c1-7-9(11(15)16)4-6-14(7)10-3-5-12-8(2)13-10/h3,5,7,9H,4,6H2,1-2H3,(H,15,16). The third-order valence-corrected chi connectivity index (χ3v) is 3.13. The minimum Gasteiger partial charge on any atom is -0.481 e. The summed E-state index contributed by atoms with van der Waals surface area (Å²) in [4.78, 5) is 21.4. The zero-order valence-corrected chi connectivity index (χ0v) is 9.42. The van der Waals surface area contributed by atoms with Gasteiger partial charge in [-0.1, -0.05) is 0 Å². The second-order valence-electron chi connectivity index (χ2n) is 4.13. The van der Waals surface area contributed by atoms with Gasteiger partial charge in [0, 0.05) is 18.8 Å². The SMILES string of the molecule is Cc1nccc(N2CCC(C(=O)O)C2C)n1. The number of aromatic nitrogens is 2. The quantitative estimate of drug-likeness (QED) is 0.809. The predicted octanol–water partition coefficient (Wildman–Crippen LogP) is 1.08. The number of carboxylic acids is 1. The van der Waals surface area contributed by atoms with Crippen LogP contribution in [-0.4, -0.2) is 33.6 Å². The molecular formula is C11H15N3O2. The van der Waals surface area contributed by atoms with Crippen LogP contribution < -0.4 is 4.90 Å². The topological polar surface area (TPSA) is 66.3 Å². The van der Waals surface area contributed by atoms with Crippen molar-refractivity contribution in [2.24, 2.45) is 5.92 Å². The van der Waals surface area contributed by atoms with Crippen LogP contribution in [0.4, 0.5) is 5.82 Å². The van der Waals surface area contributed by atoms with Crippen LogP contribution in [0.2, 0.25) is 0 Å². The van der Waals surface area contributed by atoms with E-state index >= 15 is 0 Å². The van der Waals surface area contributed by atoms with E-state index in [1.165, 1.54) is 0 Å². The van der Waals surface area contributed by atoms with Crippen molar-refractivity contribution in [1.29, 1.82) is 0 Å². The number of hydrogen-bond donors (Lipinski definition) is 1. The van der Waals surface area contributed by atoms with E-state index in [-0.39, 0.29) is 12.0 Å². The van der Waals surface area contributed by atoms with Gasteiger partial charge in [-0.2, -0.15) is 0 Å². The molecule has 86 valence electrons. The third kappa shape index (κ3) is 1.85. The Morgan fingerprint density at radius 3 is 2.94 bits per heavy atom. The van der Waals surface area contributed by atoms with Crippen LogP contribution in [0.1, 0.15) is 19.2 Å². The third-order valence-electron chi connectivity index (χ3n) is 3.13. The van der Waals surface area contributed by atoms with Crippen LogP contribution in [0.25, 0.3) is 0 Å². The maximum absolute atomic E-state index is 11.0. The maximum Gasteiger partial charge on any atom is 0.308 e. The molecule has 0 aromatic carbocycles. The van der Waals surface area contributed by atoms with E-state index in [0.717, 1.165) is 12.4 Å². The molecule has 1 aromatic rings. The van der Waals surface area contributed by atoms with Gasteiger partial charge < -0.3 is 10.0 Å². The van der Waals surface area contributed by atoms with Crippen LogP contribution in [0.5, 0.6) is 0 Å². The lowest BCUT2D eigenvalue weighted by Gasteiger charge is -2.24. The highest BCUT2D eigenvalue weighted by atomic mass is 16.4. The van der Waals surface area contributed by atoms with Crippen molar-refractivity contribution in [1.82, 2.24) is 9.97 Å². The Hall–Kier alpha value is -1.65. The highest BCUT2D eigenvalue weighted by molar-refractivity contribution is 5.72. The van der Waals surface area contributed by atoms with Crippen LogP contribution in [0, 0.1) is 12.8 Å². The first kappa shape index (κ1) is 10.9. The number of nitrogens with zero attached hydrogens (tertiary/aromatic N) is 3. The fourth-order valence-corrected chi connectivity index (χ4v) is 2.20. The molecule has 1 saturated heterocycles. The number of hydrogen-bond acceptors (Lipinski definition) is 4. The van der Waals surface area contributed by atoms with E-state index in [4.69, 9.17) is 5.11 Å². The fraction of sp³-hybridized carbons (Fsp3) is 0.545. The fourth-order valence-electron chi connectivity index (χ4n) is 2.20. The van der Waals surface area contributed by atoms with Crippen molar-refractivity contribution in [2.75, 3.05) is 11.4 Å². The number of anilines is 1. The van der Waals surface area contributed by atoms with Gasteiger partial charge >= 0.3 is 5.97 Å². The smallest absolute Gasteiger partial charge is 0.308 e. The van der Waals surface area contributed by atoms with Crippen LogP contribution in [0.15, 0.2) is 12.3 Å². The summed E-state index contributed by atoms with van der Waals surface area (Å²) >= 11 is 0. The highest BCUT2D eigenvalue weighted by Crippen LogP contribution is 2.28. The van der Waals surface area contributed by atoms with Crippen molar-refractivity contribution < 1.29 is 9.90 Å². The molecule has 1 aromatic heterocycles. The summed E-state index contributed by atoms with van der Waals surface area (Å²) in [7, 11) is 0. The normalized spacial score (nSPS) is 24.8. The lowest BCUT2D eigenvalue weighted by atomic mass is 10.0. The molecule has 16 heavy (non-hydrogen) atoms. The largest absolute Gasteiger partial charge is 0.481 e. The van der Waals surface area contributed by atoms with Crippen molar-refractivity contribution in [3.05, 3.63) is 18.1 Å². The Kier molecular flexibility index (Phi) is 2.77. The monoisotopic (exact) mass is 221 g/mol. The minimum atomic E-state index is -0.722. The Bertz CT molecular complexity index is 408. The van der Waals surface area contributed by atoms with Gasteiger partial charge in [0.25, 0.3) is 0 Å². The first-order chi connectivity index (χ1) is 7.59.